The molecule has 3 amide bonds. The van der Waals surface area contributed by atoms with Crippen LogP contribution >= 0.6 is 11.3 Å². The Labute approximate surface area is 317 Å². The molecule has 1 aromatic heterocycles. The van der Waals surface area contributed by atoms with Crippen molar-refractivity contribution in [3.05, 3.63) is 45.9 Å². The molecule has 0 spiro atoms. The van der Waals surface area contributed by atoms with E-state index in [1.165, 1.54) is 11.8 Å². The summed E-state index contributed by atoms with van der Waals surface area (Å²) in [5, 5.41) is 17.2. The summed E-state index contributed by atoms with van der Waals surface area (Å²) in [6.45, 7) is 10.8. The lowest BCUT2D eigenvalue weighted by molar-refractivity contribution is -0.158. The standard InChI is InChI=1S/C38H57N5O9S/c1-8-10-16-42(7)21-34(47)39-20-35(48)43(24-51-36(49)11-9-2)32(25(3)4)19-33(52-27(6)45)38-41-31(23-53-38)37(50)40-29(17-26(5)22-44)18-28-12-14-30(46)15-13-28/h12-15,22-23,25-26,29,32-33,46H,8-11,16-21,24H2,1-7H3,(H,39,47)(H,40,50)/t26-,29+,32?,33+/m0/s1. The molecule has 0 saturated heterocycles. The van der Waals surface area contributed by atoms with Gasteiger partial charge in [0.15, 0.2) is 12.8 Å². The number of hydrogen-bond acceptors (Lipinski definition) is 12. The molecular formula is C38H57N5O9S. The van der Waals surface area contributed by atoms with E-state index in [4.69, 9.17) is 9.47 Å². The average molecular weight is 760 g/mol. The quantitative estimate of drug-likeness (QED) is 0.0783. The fourth-order valence-corrected chi connectivity index (χ4v) is 6.49. The van der Waals surface area contributed by atoms with Crippen molar-refractivity contribution < 1.29 is 43.3 Å². The number of carbonyl (C=O) groups is 6. The van der Waals surface area contributed by atoms with Gasteiger partial charge in [0.25, 0.3) is 5.91 Å². The maximum absolute atomic E-state index is 13.7. The van der Waals surface area contributed by atoms with Gasteiger partial charge in [-0.05, 0) is 62.9 Å². The van der Waals surface area contributed by atoms with Crippen LogP contribution in [0.2, 0.25) is 0 Å². The number of thiazole rings is 1. The van der Waals surface area contributed by atoms with Crippen molar-refractivity contribution in [1.82, 2.24) is 25.4 Å². The Morgan fingerprint density at radius 1 is 1.04 bits per heavy atom. The van der Waals surface area contributed by atoms with Gasteiger partial charge in [0.1, 0.15) is 22.7 Å². The van der Waals surface area contributed by atoms with E-state index in [0.717, 1.165) is 42.6 Å². The van der Waals surface area contributed by atoms with Gasteiger partial charge < -0.3 is 34.9 Å². The summed E-state index contributed by atoms with van der Waals surface area (Å²) < 4.78 is 11.2. The third-order valence-corrected chi connectivity index (χ3v) is 9.43. The number of ether oxygens (including phenoxy) is 2. The van der Waals surface area contributed by atoms with E-state index in [9.17, 15) is 33.9 Å². The highest BCUT2D eigenvalue weighted by molar-refractivity contribution is 7.09. The van der Waals surface area contributed by atoms with Crippen LogP contribution in [0.3, 0.4) is 0 Å². The number of nitrogens with one attached hydrogen (secondary N) is 2. The third-order valence-electron chi connectivity index (χ3n) is 8.49. The molecule has 0 aliphatic heterocycles. The van der Waals surface area contributed by atoms with Gasteiger partial charge in [-0.1, -0.05) is 53.2 Å². The summed E-state index contributed by atoms with van der Waals surface area (Å²) in [5.41, 5.74) is 0.948. The van der Waals surface area contributed by atoms with Crippen molar-refractivity contribution in [2.75, 3.05) is 33.4 Å². The number of aromatic hydroxyl groups is 1. The van der Waals surface area contributed by atoms with Crippen LogP contribution in [0.25, 0.3) is 0 Å². The number of esters is 2. The van der Waals surface area contributed by atoms with E-state index in [1.54, 1.807) is 36.6 Å². The fourth-order valence-electron chi connectivity index (χ4n) is 5.65. The first-order chi connectivity index (χ1) is 25.2. The SMILES string of the molecule is CCCCN(C)CC(=O)NCC(=O)N(COC(=O)CCC)C(C[C@@H](OC(C)=O)c1nc(C(=O)N[C@@H](Cc2ccc(O)cc2)C[C@H](C)C=O)cs1)C(C)C. The maximum atomic E-state index is 13.7. The molecule has 14 nitrogen and oxygen atoms in total. The monoisotopic (exact) mass is 759 g/mol. The second-order valence-corrected chi connectivity index (χ2v) is 14.6. The van der Waals surface area contributed by atoms with E-state index in [2.05, 4.69) is 22.5 Å². The normalized spacial score (nSPS) is 13.5. The number of amides is 3. The minimum atomic E-state index is -0.960. The highest BCUT2D eigenvalue weighted by atomic mass is 32.1. The highest BCUT2D eigenvalue weighted by Gasteiger charge is 2.33. The molecule has 0 radical (unpaired) electrons. The molecule has 1 heterocycles. The van der Waals surface area contributed by atoms with E-state index in [1.807, 2.05) is 32.7 Å². The highest BCUT2D eigenvalue weighted by Crippen LogP contribution is 2.31. The summed E-state index contributed by atoms with van der Waals surface area (Å²) in [6.07, 6.45) is 3.37. The lowest BCUT2D eigenvalue weighted by Crippen LogP contribution is -2.50. The van der Waals surface area contributed by atoms with Crippen molar-refractivity contribution in [2.24, 2.45) is 11.8 Å². The summed E-state index contributed by atoms with van der Waals surface area (Å²) >= 11 is 1.12. The van der Waals surface area contributed by atoms with Crippen LogP contribution in [0.4, 0.5) is 0 Å². The molecule has 0 fully saturated rings. The molecule has 0 aliphatic carbocycles. The zero-order chi connectivity index (χ0) is 39.5. The number of aldehydes is 1. The van der Waals surface area contributed by atoms with Crippen molar-refractivity contribution in [1.29, 1.82) is 0 Å². The van der Waals surface area contributed by atoms with Crippen molar-refractivity contribution >= 4 is 47.3 Å². The summed E-state index contributed by atoms with van der Waals surface area (Å²) in [7, 11) is 1.83. The van der Waals surface area contributed by atoms with Gasteiger partial charge in [-0.25, -0.2) is 4.98 Å². The fraction of sp³-hybridized carbons (Fsp3) is 0.605. The molecule has 15 heteroatoms. The number of benzene rings is 1. The second-order valence-electron chi connectivity index (χ2n) is 13.7. The molecule has 0 saturated carbocycles. The number of nitrogens with zero attached hydrogens (tertiary/aromatic N) is 3. The molecule has 0 bridgehead atoms. The summed E-state index contributed by atoms with van der Waals surface area (Å²) in [4.78, 5) is 83.8. The third kappa shape index (κ3) is 16.5. The van der Waals surface area contributed by atoms with Crippen LogP contribution in [0.5, 0.6) is 5.75 Å². The van der Waals surface area contributed by atoms with Crippen LogP contribution in [0.1, 0.15) is 107 Å². The Morgan fingerprint density at radius 3 is 2.34 bits per heavy atom. The molecular weight excluding hydrogens is 703 g/mol. The van der Waals surface area contributed by atoms with Crippen molar-refractivity contribution in [3.63, 3.8) is 0 Å². The Kier molecular flexibility index (Phi) is 19.7. The van der Waals surface area contributed by atoms with Gasteiger partial charge in [-0.2, -0.15) is 0 Å². The Hall–Kier alpha value is -4.37. The van der Waals surface area contributed by atoms with E-state index in [0.29, 0.717) is 24.3 Å². The largest absolute Gasteiger partial charge is 0.508 e. The van der Waals surface area contributed by atoms with Gasteiger partial charge in [0.05, 0.1) is 13.1 Å². The van der Waals surface area contributed by atoms with E-state index < -0.39 is 41.9 Å². The first-order valence-electron chi connectivity index (χ1n) is 18.2. The van der Waals surface area contributed by atoms with E-state index in [-0.39, 0.29) is 61.8 Å². The number of unbranched alkanes of at least 4 members (excludes halogenated alkanes) is 1. The van der Waals surface area contributed by atoms with Crippen molar-refractivity contribution in [2.45, 2.75) is 105 Å². The molecule has 1 aromatic carbocycles. The zero-order valence-electron chi connectivity index (χ0n) is 32.1. The predicted octanol–water partition coefficient (Wildman–Crippen LogP) is 4.41. The van der Waals surface area contributed by atoms with Gasteiger partial charge in [-0.3, -0.25) is 28.9 Å². The molecule has 294 valence electrons. The maximum Gasteiger partial charge on any atom is 0.307 e. The number of likely N-dealkylation sites (N-methyl/N-ethyl adjacent to an activating group) is 1. The van der Waals surface area contributed by atoms with Crippen LogP contribution < -0.4 is 10.6 Å². The number of carbonyl (C=O) groups excluding carboxylic acids is 6. The molecule has 2 rings (SSSR count). The summed E-state index contributed by atoms with van der Waals surface area (Å²) in [5.74, 6) is -2.79. The second kappa shape index (κ2) is 23.3. The molecule has 1 unspecified atom stereocenters. The minimum absolute atomic E-state index is 0.0664. The number of phenols is 1. The van der Waals surface area contributed by atoms with Gasteiger partial charge >= 0.3 is 11.9 Å². The Morgan fingerprint density at radius 2 is 1.74 bits per heavy atom. The van der Waals surface area contributed by atoms with Crippen LogP contribution in [0.15, 0.2) is 29.6 Å². The number of hydrogen-bond donors (Lipinski definition) is 3. The molecule has 0 aliphatic rings. The number of phenolic OH excluding ortho intramolecular Hbond substituents is 1. The van der Waals surface area contributed by atoms with Gasteiger partial charge in [0, 0.05) is 43.1 Å². The lowest BCUT2D eigenvalue weighted by atomic mass is 9.96. The smallest absolute Gasteiger partial charge is 0.307 e. The molecule has 4 atom stereocenters. The lowest BCUT2D eigenvalue weighted by Gasteiger charge is -2.35. The molecule has 2 aromatic rings. The average Bonchev–Trinajstić information content (AvgIpc) is 3.60. The topological polar surface area (TPSA) is 185 Å². The van der Waals surface area contributed by atoms with Gasteiger partial charge in [-0.15, -0.1) is 11.3 Å². The number of aromatic nitrogens is 1. The number of rotatable bonds is 24. The van der Waals surface area contributed by atoms with Gasteiger partial charge in [0.2, 0.25) is 11.8 Å². The Bertz CT molecular complexity index is 1480. The van der Waals surface area contributed by atoms with Crippen LogP contribution in [-0.4, -0.2) is 101 Å². The first-order valence-corrected chi connectivity index (χ1v) is 19.1. The molecule has 53 heavy (non-hydrogen) atoms. The van der Waals surface area contributed by atoms with Crippen LogP contribution in [0, 0.1) is 11.8 Å². The zero-order valence-corrected chi connectivity index (χ0v) is 32.9. The van der Waals surface area contributed by atoms with E-state index >= 15 is 0 Å². The molecule has 3 N–H and O–H groups in total. The van der Waals surface area contributed by atoms with Crippen molar-refractivity contribution in [3.8, 4) is 5.75 Å². The summed E-state index contributed by atoms with van der Waals surface area (Å²) in [6, 6.07) is 5.55. The first kappa shape index (κ1) is 44.8. The van der Waals surface area contributed by atoms with Crippen LogP contribution in [-0.2, 0) is 39.9 Å². The minimum Gasteiger partial charge on any atom is -0.508 e. The predicted molar refractivity (Wildman–Crippen MR) is 201 cm³/mol. The Balaban J connectivity index is 2.31.